The summed E-state index contributed by atoms with van der Waals surface area (Å²) < 4.78 is 0. The lowest BCUT2D eigenvalue weighted by atomic mass is 9.72. The SMILES string of the molecule is C=C(C)[C@H]1CN(C(C)(C)[C@@H]2CC[C@@H](C)CC2=O)C[C@]1(O)c1ccccc1. The number of β-amino-alcohol motifs (C(OH)–C–C–N with tert-alkyl or cyclic N) is 1. The fraction of sp³-hybridized carbons (Fsp3) is 0.609. The normalized spacial score (nSPS) is 33.4. The first-order chi connectivity index (χ1) is 12.2. The van der Waals surface area contributed by atoms with Gasteiger partial charge >= 0.3 is 0 Å². The topological polar surface area (TPSA) is 40.5 Å². The first-order valence-corrected chi connectivity index (χ1v) is 9.87. The van der Waals surface area contributed by atoms with Crippen molar-refractivity contribution in [3.63, 3.8) is 0 Å². The highest BCUT2D eigenvalue weighted by Crippen LogP contribution is 2.46. The number of nitrogens with zero attached hydrogens (tertiary/aromatic N) is 1. The van der Waals surface area contributed by atoms with E-state index in [-0.39, 0.29) is 17.4 Å². The minimum Gasteiger partial charge on any atom is -0.383 e. The molecule has 1 saturated heterocycles. The average molecular weight is 356 g/mol. The molecule has 0 amide bonds. The van der Waals surface area contributed by atoms with Gasteiger partial charge in [-0.25, -0.2) is 0 Å². The van der Waals surface area contributed by atoms with Crippen molar-refractivity contribution in [1.29, 1.82) is 0 Å². The molecular weight excluding hydrogens is 322 g/mol. The molecule has 0 unspecified atom stereocenters. The summed E-state index contributed by atoms with van der Waals surface area (Å²) in [6.07, 6.45) is 2.75. The van der Waals surface area contributed by atoms with E-state index in [9.17, 15) is 9.90 Å². The van der Waals surface area contributed by atoms with Gasteiger partial charge in [-0.1, -0.05) is 49.4 Å². The molecule has 3 rings (SSSR count). The van der Waals surface area contributed by atoms with E-state index < -0.39 is 5.60 Å². The number of hydrogen-bond acceptors (Lipinski definition) is 3. The Morgan fingerprint density at radius 1 is 1.27 bits per heavy atom. The molecule has 1 aliphatic heterocycles. The fourth-order valence-corrected chi connectivity index (χ4v) is 5.03. The van der Waals surface area contributed by atoms with Gasteiger partial charge in [0.25, 0.3) is 0 Å². The lowest BCUT2D eigenvalue weighted by Crippen LogP contribution is -2.53. The second-order valence-electron chi connectivity index (χ2n) is 9.13. The summed E-state index contributed by atoms with van der Waals surface area (Å²) in [6, 6.07) is 9.92. The summed E-state index contributed by atoms with van der Waals surface area (Å²) in [4.78, 5) is 15.1. The third-order valence-corrected chi connectivity index (χ3v) is 6.83. The van der Waals surface area contributed by atoms with Crippen LogP contribution in [0.4, 0.5) is 0 Å². The van der Waals surface area contributed by atoms with Gasteiger partial charge in [0.05, 0.1) is 0 Å². The largest absolute Gasteiger partial charge is 0.383 e. The molecule has 3 heteroatoms. The van der Waals surface area contributed by atoms with Gasteiger partial charge in [-0.2, -0.15) is 0 Å². The molecule has 2 aliphatic rings. The van der Waals surface area contributed by atoms with Crippen molar-refractivity contribution < 1.29 is 9.90 Å². The summed E-state index contributed by atoms with van der Waals surface area (Å²) in [5.41, 5.74) is 0.729. The minimum absolute atomic E-state index is 0.0261. The summed E-state index contributed by atoms with van der Waals surface area (Å²) in [5, 5.41) is 11.6. The van der Waals surface area contributed by atoms with E-state index in [1.807, 2.05) is 37.3 Å². The maximum absolute atomic E-state index is 12.7. The van der Waals surface area contributed by atoms with Crippen molar-refractivity contribution >= 4 is 5.78 Å². The molecule has 1 saturated carbocycles. The third-order valence-electron chi connectivity index (χ3n) is 6.83. The van der Waals surface area contributed by atoms with Gasteiger partial charge in [0, 0.05) is 36.9 Å². The Kier molecular flexibility index (Phi) is 5.15. The van der Waals surface area contributed by atoms with Gasteiger partial charge in [-0.3, -0.25) is 9.69 Å². The lowest BCUT2D eigenvalue weighted by molar-refractivity contribution is -0.131. The van der Waals surface area contributed by atoms with E-state index >= 15 is 0 Å². The van der Waals surface area contributed by atoms with Crippen molar-refractivity contribution in [1.82, 2.24) is 4.90 Å². The number of Topliss-reactive ketones (excluding diaryl/α,β-unsaturated/α-hetero) is 1. The highest BCUT2D eigenvalue weighted by molar-refractivity contribution is 5.83. The molecule has 2 fully saturated rings. The van der Waals surface area contributed by atoms with Gasteiger partial charge in [0.15, 0.2) is 0 Å². The predicted molar refractivity (Wildman–Crippen MR) is 106 cm³/mol. The molecule has 4 atom stereocenters. The van der Waals surface area contributed by atoms with Gasteiger partial charge in [-0.05, 0) is 45.1 Å². The Hall–Kier alpha value is -1.45. The molecule has 0 bridgehead atoms. The number of ketones is 1. The highest BCUT2D eigenvalue weighted by atomic mass is 16.3. The van der Waals surface area contributed by atoms with E-state index in [0.29, 0.717) is 24.7 Å². The summed E-state index contributed by atoms with van der Waals surface area (Å²) >= 11 is 0. The number of aliphatic hydroxyl groups is 1. The number of benzene rings is 1. The molecule has 26 heavy (non-hydrogen) atoms. The molecule has 1 N–H and O–H groups in total. The quantitative estimate of drug-likeness (QED) is 0.824. The zero-order valence-electron chi connectivity index (χ0n) is 16.7. The number of likely N-dealkylation sites (tertiary alicyclic amines) is 1. The maximum Gasteiger partial charge on any atom is 0.138 e. The Labute approximate surface area is 158 Å². The molecule has 1 aromatic rings. The number of rotatable bonds is 4. The first kappa shape index (κ1) is 19.3. The molecule has 1 heterocycles. The van der Waals surface area contributed by atoms with E-state index in [4.69, 9.17) is 0 Å². The highest BCUT2D eigenvalue weighted by Gasteiger charge is 2.53. The number of hydrogen-bond donors (Lipinski definition) is 1. The first-order valence-electron chi connectivity index (χ1n) is 9.87. The van der Waals surface area contributed by atoms with E-state index in [1.165, 1.54) is 0 Å². The minimum atomic E-state index is -0.949. The number of carbonyl (C=O) groups excluding carboxylic acids is 1. The molecular formula is C23H33NO2. The Morgan fingerprint density at radius 3 is 2.50 bits per heavy atom. The molecule has 0 spiro atoms. The molecule has 3 nitrogen and oxygen atoms in total. The van der Waals surface area contributed by atoms with Gasteiger partial charge in [-0.15, -0.1) is 0 Å². The van der Waals surface area contributed by atoms with Crippen LogP contribution in [0.3, 0.4) is 0 Å². The van der Waals surface area contributed by atoms with Crippen LogP contribution >= 0.6 is 0 Å². The van der Waals surface area contributed by atoms with Crippen molar-refractivity contribution in [2.45, 2.75) is 58.1 Å². The van der Waals surface area contributed by atoms with Crippen LogP contribution in [-0.2, 0) is 10.4 Å². The van der Waals surface area contributed by atoms with Crippen LogP contribution in [0.15, 0.2) is 42.5 Å². The average Bonchev–Trinajstić information content (AvgIpc) is 2.95. The summed E-state index contributed by atoms with van der Waals surface area (Å²) in [5.74, 6) is 0.901. The second-order valence-corrected chi connectivity index (χ2v) is 9.13. The fourth-order valence-electron chi connectivity index (χ4n) is 5.03. The monoisotopic (exact) mass is 355 g/mol. The van der Waals surface area contributed by atoms with Crippen LogP contribution < -0.4 is 0 Å². The Morgan fingerprint density at radius 2 is 1.92 bits per heavy atom. The van der Waals surface area contributed by atoms with Crippen LogP contribution in [0.25, 0.3) is 0 Å². The summed E-state index contributed by atoms with van der Waals surface area (Å²) in [7, 11) is 0. The standard InChI is InChI=1S/C23H33NO2/c1-16(2)20-14-24(15-23(20,26)18-9-7-6-8-10-18)22(4,5)19-12-11-17(3)13-21(19)25/h6-10,17,19-20,26H,1,11-15H2,2-5H3/t17-,19-,20-,23+/m1/s1. The van der Waals surface area contributed by atoms with Crippen molar-refractivity contribution in [3.05, 3.63) is 48.0 Å². The molecule has 0 radical (unpaired) electrons. The molecule has 142 valence electrons. The molecule has 0 aromatic heterocycles. The Balaban J connectivity index is 1.90. The zero-order valence-corrected chi connectivity index (χ0v) is 16.7. The van der Waals surface area contributed by atoms with Crippen molar-refractivity contribution in [3.8, 4) is 0 Å². The van der Waals surface area contributed by atoms with E-state index in [2.05, 4.69) is 32.3 Å². The second kappa shape index (κ2) is 6.94. The van der Waals surface area contributed by atoms with E-state index in [1.54, 1.807) is 0 Å². The van der Waals surface area contributed by atoms with Crippen LogP contribution in [0, 0.1) is 17.8 Å². The summed E-state index contributed by atoms with van der Waals surface area (Å²) in [6.45, 7) is 14.0. The molecule has 1 aromatic carbocycles. The Bertz CT molecular complexity index is 681. The van der Waals surface area contributed by atoms with Gasteiger partial charge in [0.1, 0.15) is 11.4 Å². The van der Waals surface area contributed by atoms with Crippen LogP contribution in [-0.4, -0.2) is 34.4 Å². The lowest BCUT2D eigenvalue weighted by Gasteiger charge is -2.44. The predicted octanol–water partition coefficient (Wildman–Crippen LogP) is 4.17. The third kappa shape index (κ3) is 3.27. The van der Waals surface area contributed by atoms with E-state index in [0.717, 1.165) is 30.5 Å². The van der Waals surface area contributed by atoms with Crippen LogP contribution in [0.1, 0.15) is 52.5 Å². The van der Waals surface area contributed by atoms with Gasteiger partial charge in [0.2, 0.25) is 0 Å². The van der Waals surface area contributed by atoms with Crippen LogP contribution in [0.5, 0.6) is 0 Å². The smallest absolute Gasteiger partial charge is 0.138 e. The van der Waals surface area contributed by atoms with Crippen molar-refractivity contribution in [2.24, 2.45) is 17.8 Å². The van der Waals surface area contributed by atoms with Crippen LogP contribution in [0.2, 0.25) is 0 Å². The van der Waals surface area contributed by atoms with Gasteiger partial charge < -0.3 is 5.11 Å². The zero-order chi connectivity index (χ0) is 19.1. The number of carbonyl (C=O) groups is 1. The maximum atomic E-state index is 12.7. The molecule has 1 aliphatic carbocycles. The van der Waals surface area contributed by atoms with Crippen molar-refractivity contribution in [2.75, 3.05) is 13.1 Å².